The molecule has 2 N–H and O–H groups in total. The van der Waals surface area contributed by atoms with Gasteiger partial charge >= 0.3 is 0 Å². The van der Waals surface area contributed by atoms with Gasteiger partial charge in [0.2, 0.25) is 11.9 Å². The summed E-state index contributed by atoms with van der Waals surface area (Å²) in [7, 11) is 0. The zero-order chi connectivity index (χ0) is 20.4. The van der Waals surface area contributed by atoms with E-state index in [9.17, 15) is 14.7 Å². The van der Waals surface area contributed by atoms with E-state index in [1.807, 2.05) is 54.3 Å². The molecule has 2 aliphatic rings. The maximum atomic E-state index is 12.6. The molecular weight excluding hydrogens is 372 g/mol. The molecule has 0 aliphatic carbocycles. The van der Waals surface area contributed by atoms with Crippen LogP contribution in [-0.4, -0.2) is 53.6 Å². The molecule has 2 aromatic carbocycles. The van der Waals surface area contributed by atoms with Crippen molar-refractivity contribution in [1.29, 1.82) is 0 Å². The molecule has 2 heterocycles. The minimum Gasteiger partial charge on any atom is -0.484 e. The van der Waals surface area contributed by atoms with Crippen LogP contribution >= 0.6 is 0 Å². The zero-order valence-electron chi connectivity index (χ0n) is 16.0. The highest BCUT2D eigenvalue weighted by Gasteiger charge is 2.35. The minimum absolute atomic E-state index is 0.0662. The second kappa shape index (κ2) is 7.92. The first kappa shape index (κ1) is 18.9. The van der Waals surface area contributed by atoms with Gasteiger partial charge in [-0.25, -0.2) is 4.99 Å². The van der Waals surface area contributed by atoms with Gasteiger partial charge < -0.3 is 19.6 Å². The molecule has 8 nitrogen and oxygen atoms in total. The minimum atomic E-state index is -0.272. The number of nitrogens with one attached hydrogen (secondary N) is 1. The normalized spacial score (nSPS) is 17.2. The summed E-state index contributed by atoms with van der Waals surface area (Å²) in [5, 5.41) is 12.1. The van der Waals surface area contributed by atoms with E-state index in [1.54, 1.807) is 6.07 Å². The lowest BCUT2D eigenvalue weighted by atomic mass is 10.1. The molecule has 150 valence electrons. The summed E-state index contributed by atoms with van der Waals surface area (Å²) in [6.07, 6.45) is 0. The molecule has 2 aromatic rings. The average molecular weight is 394 g/mol. The molecule has 1 saturated heterocycles. The molecule has 1 atom stereocenters. The first-order valence-electron chi connectivity index (χ1n) is 9.45. The van der Waals surface area contributed by atoms with E-state index >= 15 is 0 Å². The predicted molar refractivity (Wildman–Crippen MR) is 108 cm³/mol. The summed E-state index contributed by atoms with van der Waals surface area (Å²) in [6, 6.07) is 14.3. The van der Waals surface area contributed by atoms with Crippen LogP contribution in [0.3, 0.4) is 0 Å². The van der Waals surface area contributed by atoms with Crippen LogP contribution in [0.1, 0.15) is 12.5 Å². The number of para-hydroxylation sites is 1. The molecule has 0 radical (unpaired) electrons. The Morgan fingerprint density at radius 3 is 2.86 bits per heavy atom. The number of carbonyl (C=O) groups excluding carboxylic acids is 2. The maximum Gasteiger partial charge on any atom is 0.264 e. The topological polar surface area (TPSA) is 94.5 Å². The Kier molecular flexibility index (Phi) is 5.18. The predicted octanol–water partition coefficient (Wildman–Crippen LogP) is 1.41. The number of guanidine groups is 1. The zero-order valence-corrected chi connectivity index (χ0v) is 16.0. The summed E-state index contributed by atoms with van der Waals surface area (Å²) >= 11 is 0. The van der Waals surface area contributed by atoms with Crippen molar-refractivity contribution in [3.63, 3.8) is 0 Å². The van der Waals surface area contributed by atoms with Crippen molar-refractivity contribution in [2.75, 3.05) is 24.7 Å². The fraction of sp³-hybridized carbons (Fsp3) is 0.286. The van der Waals surface area contributed by atoms with Crippen molar-refractivity contribution >= 4 is 29.1 Å². The van der Waals surface area contributed by atoms with Gasteiger partial charge in [-0.05, 0) is 37.3 Å². The second-order valence-corrected chi connectivity index (χ2v) is 6.91. The Balaban J connectivity index is 1.45. The van der Waals surface area contributed by atoms with E-state index in [4.69, 9.17) is 4.74 Å². The Morgan fingerprint density at radius 1 is 1.31 bits per heavy atom. The number of ether oxygens (including phenoxy) is 1. The number of hydrogen-bond acceptors (Lipinski definition) is 6. The number of benzene rings is 2. The lowest BCUT2D eigenvalue weighted by Crippen LogP contribution is -2.37. The SMILES string of the molecule is CC1C(=O)NC2=Nc3ccc(OCC(=O)N(CCO)c4ccccc4)cc3CN21. The number of carbonyl (C=O) groups is 2. The van der Waals surface area contributed by atoms with E-state index in [1.165, 1.54) is 4.90 Å². The van der Waals surface area contributed by atoms with E-state index in [0.29, 0.717) is 23.9 Å². The number of nitrogens with zero attached hydrogens (tertiary/aromatic N) is 3. The van der Waals surface area contributed by atoms with Gasteiger partial charge in [-0.3, -0.25) is 14.9 Å². The van der Waals surface area contributed by atoms with Crippen LogP contribution in [0.15, 0.2) is 53.5 Å². The monoisotopic (exact) mass is 394 g/mol. The summed E-state index contributed by atoms with van der Waals surface area (Å²) in [4.78, 5) is 32.4. The van der Waals surface area contributed by atoms with Gasteiger partial charge in [0.15, 0.2) is 6.61 Å². The molecule has 29 heavy (non-hydrogen) atoms. The van der Waals surface area contributed by atoms with Crippen LogP contribution in [0.5, 0.6) is 5.75 Å². The Labute approximate surface area is 168 Å². The molecular formula is C21H22N4O4. The number of aliphatic hydroxyl groups is 1. The molecule has 2 amide bonds. The van der Waals surface area contributed by atoms with E-state index in [0.717, 1.165) is 11.3 Å². The number of anilines is 1. The number of fused-ring (bicyclic) bond motifs is 2. The van der Waals surface area contributed by atoms with E-state index in [-0.39, 0.29) is 37.6 Å². The van der Waals surface area contributed by atoms with Crippen LogP contribution in [0.25, 0.3) is 0 Å². The van der Waals surface area contributed by atoms with Crippen LogP contribution in [0.2, 0.25) is 0 Å². The highest BCUT2D eigenvalue weighted by Crippen LogP contribution is 2.31. The van der Waals surface area contributed by atoms with Crippen LogP contribution < -0.4 is 15.0 Å². The maximum absolute atomic E-state index is 12.6. The average Bonchev–Trinajstić information content (AvgIpc) is 3.02. The number of aliphatic imine (C=N–C) groups is 1. The molecule has 4 rings (SSSR count). The summed E-state index contributed by atoms with van der Waals surface area (Å²) < 4.78 is 5.72. The van der Waals surface area contributed by atoms with Crippen LogP contribution in [0.4, 0.5) is 11.4 Å². The van der Waals surface area contributed by atoms with Crippen molar-refractivity contribution < 1.29 is 19.4 Å². The molecule has 1 fully saturated rings. The van der Waals surface area contributed by atoms with Gasteiger partial charge in [0.05, 0.1) is 12.3 Å². The van der Waals surface area contributed by atoms with Crippen molar-refractivity contribution in [1.82, 2.24) is 10.2 Å². The van der Waals surface area contributed by atoms with Gasteiger partial charge in [-0.15, -0.1) is 0 Å². The third-order valence-electron chi connectivity index (χ3n) is 5.03. The largest absolute Gasteiger partial charge is 0.484 e. The number of hydrogen-bond donors (Lipinski definition) is 2. The van der Waals surface area contributed by atoms with E-state index < -0.39 is 0 Å². The van der Waals surface area contributed by atoms with Crippen LogP contribution in [-0.2, 0) is 16.1 Å². The van der Waals surface area contributed by atoms with Crippen molar-refractivity contribution in [2.24, 2.45) is 4.99 Å². The third kappa shape index (κ3) is 3.79. The number of amides is 2. The van der Waals surface area contributed by atoms with Gasteiger partial charge in [0, 0.05) is 24.3 Å². The third-order valence-corrected chi connectivity index (χ3v) is 5.03. The smallest absolute Gasteiger partial charge is 0.264 e. The molecule has 0 aromatic heterocycles. The van der Waals surface area contributed by atoms with E-state index in [2.05, 4.69) is 10.3 Å². The summed E-state index contributed by atoms with van der Waals surface area (Å²) in [5.74, 6) is 0.815. The number of aliphatic hydroxyl groups excluding tert-OH is 1. The lowest BCUT2D eigenvalue weighted by molar-refractivity contribution is -0.121. The van der Waals surface area contributed by atoms with Gasteiger partial charge in [-0.2, -0.15) is 0 Å². The lowest BCUT2D eigenvalue weighted by Gasteiger charge is -2.26. The van der Waals surface area contributed by atoms with Gasteiger partial charge in [-0.1, -0.05) is 18.2 Å². The first-order chi connectivity index (χ1) is 14.1. The molecule has 0 spiro atoms. The summed E-state index contributed by atoms with van der Waals surface area (Å²) in [6.45, 7) is 2.28. The Bertz CT molecular complexity index is 960. The second-order valence-electron chi connectivity index (χ2n) is 6.91. The van der Waals surface area contributed by atoms with Gasteiger partial charge in [0.1, 0.15) is 11.8 Å². The molecule has 1 unspecified atom stereocenters. The molecule has 0 saturated carbocycles. The van der Waals surface area contributed by atoms with Crippen molar-refractivity contribution in [3.05, 3.63) is 54.1 Å². The highest BCUT2D eigenvalue weighted by molar-refractivity contribution is 6.07. The molecule has 8 heteroatoms. The number of rotatable bonds is 6. The van der Waals surface area contributed by atoms with Gasteiger partial charge in [0.25, 0.3) is 5.91 Å². The Hall–Kier alpha value is -3.39. The molecule has 0 bridgehead atoms. The molecule has 2 aliphatic heterocycles. The highest BCUT2D eigenvalue weighted by atomic mass is 16.5. The van der Waals surface area contributed by atoms with Crippen molar-refractivity contribution in [3.8, 4) is 5.75 Å². The fourth-order valence-electron chi connectivity index (χ4n) is 3.43. The summed E-state index contributed by atoms with van der Waals surface area (Å²) in [5.41, 5.74) is 2.41. The van der Waals surface area contributed by atoms with Crippen LogP contribution in [0, 0.1) is 0 Å². The first-order valence-corrected chi connectivity index (χ1v) is 9.45. The Morgan fingerprint density at radius 2 is 2.10 bits per heavy atom. The van der Waals surface area contributed by atoms with Crippen molar-refractivity contribution in [2.45, 2.75) is 19.5 Å². The fourth-order valence-corrected chi connectivity index (χ4v) is 3.43. The quantitative estimate of drug-likeness (QED) is 0.773. The standard InChI is InChI=1S/C21H22N4O4/c1-14-20(28)23-21-22-18-8-7-17(11-15(18)12-25(14)21)29-13-19(27)24(9-10-26)16-5-3-2-4-6-16/h2-8,11,14,26H,9-10,12-13H2,1H3,(H,22,23,28).